The summed E-state index contributed by atoms with van der Waals surface area (Å²) in [4.78, 5) is 37.1. The summed E-state index contributed by atoms with van der Waals surface area (Å²) in [6.45, 7) is 5.55. The third kappa shape index (κ3) is 4.43. The van der Waals surface area contributed by atoms with E-state index >= 15 is 8.78 Å². The van der Waals surface area contributed by atoms with Gasteiger partial charge in [-0.3, -0.25) is 14.4 Å². The molecule has 3 aromatic carbocycles. The van der Waals surface area contributed by atoms with Crippen molar-refractivity contribution in [1.29, 1.82) is 5.26 Å². The van der Waals surface area contributed by atoms with E-state index in [4.69, 9.17) is 16.9 Å². The van der Waals surface area contributed by atoms with Gasteiger partial charge in [0.05, 0.1) is 39.0 Å². The van der Waals surface area contributed by atoms with E-state index in [0.717, 1.165) is 26.0 Å². The lowest BCUT2D eigenvalue weighted by molar-refractivity contribution is 0.100. The molecule has 0 atom stereocenters. The van der Waals surface area contributed by atoms with Crippen molar-refractivity contribution in [3.8, 4) is 17.2 Å². The van der Waals surface area contributed by atoms with E-state index in [1.165, 1.54) is 18.2 Å². The first-order valence-corrected chi connectivity index (χ1v) is 10.0. The van der Waals surface area contributed by atoms with Gasteiger partial charge < -0.3 is 5.32 Å². The van der Waals surface area contributed by atoms with Gasteiger partial charge in [0.25, 0.3) is 5.91 Å². The molecule has 0 aliphatic carbocycles. The molecule has 0 saturated heterocycles. The predicted molar refractivity (Wildman–Crippen MR) is 120 cm³/mol. The highest BCUT2D eigenvalue weighted by atomic mass is 35.5. The highest BCUT2D eigenvalue weighted by Gasteiger charge is 2.27. The molecule has 0 saturated carbocycles. The molecule has 171 valence electrons. The Bertz CT molecular complexity index is 1430. The van der Waals surface area contributed by atoms with Crippen LogP contribution in [0, 0.1) is 35.7 Å². The van der Waals surface area contributed by atoms with E-state index in [1.54, 1.807) is 0 Å². The van der Waals surface area contributed by atoms with E-state index < -0.39 is 51.7 Å². The topological polar surface area (TPSA) is 87.0 Å². The monoisotopic (exact) mass is 483 g/mol. The lowest BCUT2D eigenvalue weighted by Gasteiger charge is -2.17. The maximum absolute atomic E-state index is 15.6. The van der Waals surface area contributed by atoms with Gasteiger partial charge in [-0.05, 0) is 62.2 Å². The van der Waals surface area contributed by atoms with Gasteiger partial charge in [-0.25, -0.2) is 13.2 Å². The lowest BCUT2D eigenvalue weighted by Crippen LogP contribution is -2.17. The molecule has 1 N–H and O–H groups in total. The molecular weight excluding hydrogens is 469 g/mol. The summed E-state index contributed by atoms with van der Waals surface area (Å²) >= 11 is 6.01. The summed E-state index contributed by atoms with van der Waals surface area (Å²) in [5.74, 6) is -5.87. The van der Waals surface area contributed by atoms with Gasteiger partial charge in [-0.2, -0.15) is 5.26 Å². The molecule has 0 heterocycles. The van der Waals surface area contributed by atoms with Crippen LogP contribution >= 0.6 is 11.6 Å². The minimum absolute atomic E-state index is 0.0289. The summed E-state index contributed by atoms with van der Waals surface area (Å²) < 4.78 is 44.7. The Hall–Kier alpha value is -3.96. The van der Waals surface area contributed by atoms with Crippen LogP contribution in [0.1, 0.15) is 56.0 Å². The standard InChI is InChI=1S/C25H15ClF3N2O3/c1-11-18(27)7-5-15(21(11)12(2)32)23-19(28)9-20(22(13(3)33)24(23)29)31-25(34)16-8-14(10-30)4-6-17(16)26/h4-9H,1H2,2-3H3,(H,31,34). The first kappa shape index (κ1) is 24.7. The second kappa shape index (κ2) is 9.49. The zero-order chi connectivity index (χ0) is 25.3. The van der Waals surface area contributed by atoms with Crippen LogP contribution < -0.4 is 5.32 Å². The maximum Gasteiger partial charge on any atom is 0.257 e. The lowest BCUT2D eigenvalue weighted by atomic mass is 9.90. The fourth-order valence-electron chi connectivity index (χ4n) is 3.50. The van der Waals surface area contributed by atoms with E-state index in [9.17, 15) is 18.8 Å². The highest BCUT2D eigenvalue weighted by Crippen LogP contribution is 2.37. The number of carbonyl (C=O) groups is 3. The van der Waals surface area contributed by atoms with Crippen molar-refractivity contribution in [2.24, 2.45) is 0 Å². The Morgan fingerprint density at radius 1 is 0.971 bits per heavy atom. The van der Waals surface area contributed by atoms with Gasteiger partial charge in [0.2, 0.25) is 0 Å². The quantitative estimate of drug-likeness (QED) is 0.442. The van der Waals surface area contributed by atoms with Crippen molar-refractivity contribution < 1.29 is 27.6 Å². The normalized spacial score (nSPS) is 10.5. The predicted octanol–water partition coefficient (Wildman–Crippen LogP) is 6.14. The zero-order valence-corrected chi connectivity index (χ0v) is 18.6. The van der Waals surface area contributed by atoms with E-state index in [2.05, 4.69) is 12.2 Å². The van der Waals surface area contributed by atoms with Crippen molar-refractivity contribution in [3.63, 3.8) is 0 Å². The van der Waals surface area contributed by atoms with Gasteiger partial charge in [0, 0.05) is 5.56 Å². The number of hydrogen-bond donors (Lipinski definition) is 1. The van der Waals surface area contributed by atoms with Gasteiger partial charge in [0.15, 0.2) is 11.6 Å². The number of anilines is 1. The van der Waals surface area contributed by atoms with E-state index in [0.29, 0.717) is 6.07 Å². The average molecular weight is 484 g/mol. The van der Waals surface area contributed by atoms with Crippen molar-refractivity contribution >= 4 is 34.8 Å². The van der Waals surface area contributed by atoms with Crippen LogP contribution in [-0.4, -0.2) is 17.5 Å². The second-order valence-electron chi connectivity index (χ2n) is 7.29. The molecule has 0 aromatic heterocycles. The van der Waals surface area contributed by atoms with Crippen LogP contribution in [0.25, 0.3) is 11.1 Å². The minimum Gasteiger partial charge on any atom is -0.321 e. The Kier molecular flexibility index (Phi) is 6.89. The molecule has 3 aromatic rings. The van der Waals surface area contributed by atoms with Crippen LogP contribution in [0.2, 0.25) is 5.02 Å². The third-order valence-electron chi connectivity index (χ3n) is 5.04. The van der Waals surface area contributed by atoms with Crippen molar-refractivity contribution in [2.45, 2.75) is 13.8 Å². The molecule has 5 nitrogen and oxygen atoms in total. The number of nitriles is 1. The molecule has 0 aliphatic heterocycles. The fraction of sp³-hybridized carbons (Fsp3) is 0.0800. The first-order valence-electron chi connectivity index (χ1n) is 9.67. The molecule has 0 aliphatic rings. The fourth-order valence-corrected chi connectivity index (χ4v) is 3.70. The molecule has 1 radical (unpaired) electrons. The van der Waals surface area contributed by atoms with Gasteiger partial charge in [-0.1, -0.05) is 17.7 Å². The maximum atomic E-state index is 15.6. The smallest absolute Gasteiger partial charge is 0.257 e. The second-order valence-corrected chi connectivity index (χ2v) is 7.70. The van der Waals surface area contributed by atoms with Crippen molar-refractivity contribution in [1.82, 2.24) is 0 Å². The highest BCUT2D eigenvalue weighted by molar-refractivity contribution is 6.34. The molecule has 0 bridgehead atoms. The molecular formula is C25H15ClF3N2O3. The van der Waals surface area contributed by atoms with Crippen LogP contribution in [-0.2, 0) is 0 Å². The molecule has 3 rings (SSSR count). The van der Waals surface area contributed by atoms with Gasteiger partial charge in [-0.15, -0.1) is 0 Å². The number of hydrogen-bond acceptors (Lipinski definition) is 4. The Morgan fingerprint density at radius 3 is 2.21 bits per heavy atom. The number of ketones is 2. The number of nitrogens with zero attached hydrogens (tertiary/aromatic N) is 1. The molecule has 0 unspecified atom stereocenters. The summed E-state index contributed by atoms with van der Waals surface area (Å²) in [6.07, 6.45) is 0. The Balaban J connectivity index is 2.21. The largest absolute Gasteiger partial charge is 0.321 e. The third-order valence-corrected chi connectivity index (χ3v) is 5.37. The SMILES string of the molecule is [CH2]c1c(F)ccc(-c2c(F)cc(NC(=O)c3cc(C#N)ccc3Cl)c(C(C)=O)c2F)c1C(C)=O. The van der Waals surface area contributed by atoms with Crippen LogP contribution in [0.3, 0.4) is 0 Å². The summed E-state index contributed by atoms with van der Waals surface area (Å²) in [6, 6.07) is 8.32. The van der Waals surface area contributed by atoms with E-state index in [-0.39, 0.29) is 32.8 Å². The summed E-state index contributed by atoms with van der Waals surface area (Å²) in [7, 11) is 0. The number of carbonyl (C=O) groups excluding carboxylic acids is 3. The molecule has 0 spiro atoms. The molecule has 1 amide bonds. The molecule has 0 fully saturated rings. The zero-order valence-electron chi connectivity index (χ0n) is 17.9. The summed E-state index contributed by atoms with van der Waals surface area (Å²) in [5.41, 5.74) is -2.92. The molecule has 9 heteroatoms. The molecule has 34 heavy (non-hydrogen) atoms. The van der Waals surface area contributed by atoms with Gasteiger partial charge >= 0.3 is 0 Å². The Labute approximate surface area is 197 Å². The first-order chi connectivity index (χ1) is 16.0. The number of amides is 1. The van der Waals surface area contributed by atoms with Crippen molar-refractivity contribution in [3.05, 3.63) is 93.6 Å². The number of benzene rings is 3. The summed E-state index contributed by atoms with van der Waals surface area (Å²) in [5, 5.41) is 11.2. The number of nitrogens with one attached hydrogen (secondary N) is 1. The van der Waals surface area contributed by atoms with Crippen LogP contribution in [0.4, 0.5) is 18.9 Å². The van der Waals surface area contributed by atoms with E-state index in [1.807, 2.05) is 6.07 Å². The van der Waals surface area contributed by atoms with Crippen LogP contribution in [0.15, 0.2) is 36.4 Å². The number of halogens is 4. The average Bonchev–Trinajstić information content (AvgIpc) is 2.75. The van der Waals surface area contributed by atoms with Gasteiger partial charge in [0.1, 0.15) is 17.5 Å². The number of rotatable bonds is 5. The van der Waals surface area contributed by atoms with Crippen molar-refractivity contribution in [2.75, 3.05) is 5.32 Å². The van der Waals surface area contributed by atoms with Crippen LogP contribution in [0.5, 0.6) is 0 Å². The minimum atomic E-state index is -1.35. The number of Topliss-reactive ketones (excluding diaryl/α,β-unsaturated/α-hetero) is 2. The Morgan fingerprint density at radius 2 is 1.62 bits per heavy atom.